The van der Waals surface area contributed by atoms with Crippen molar-refractivity contribution in [3.05, 3.63) is 84.1 Å². The van der Waals surface area contributed by atoms with Crippen LogP contribution in [0.15, 0.2) is 69.9 Å². The predicted molar refractivity (Wildman–Crippen MR) is 95.1 cm³/mol. The van der Waals surface area contributed by atoms with Gasteiger partial charge < -0.3 is 13.9 Å². The number of carbonyl (C=O) groups is 1. The van der Waals surface area contributed by atoms with Gasteiger partial charge in [0.1, 0.15) is 35.5 Å². The second kappa shape index (κ2) is 8.83. The average Bonchev–Trinajstić information content (AvgIpc) is 3.39. The van der Waals surface area contributed by atoms with Crippen molar-refractivity contribution in [2.45, 2.75) is 6.61 Å². The molecular formula is C20H14F2N2O4. The maximum atomic E-state index is 12.6. The third kappa shape index (κ3) is 4.74. The monoisotopic (exact) mass is 384 g/mol. The van der Waals surface area contributed by atoms with Crippen LogP contribution in [0.5, 0.6) is 0 Å². The van der Waals surface area contributed by atoms with Gasteiger partial charge in [0, 0.05) is 11.1 Å². The molecule has 0 saturated carbocycles. The van der Waals surface area contributed by atoms with Gasteiger partial charge in [0.25, 0.3) is 0 Å². The number of halogens is 2. The standard InChI is InChI=1S/C10H8FNO2.C10H6FNO2/c2*11-8-3-1-7(2-4-8)10-12-9(5-13)6-14-10/h1-4,6,13H,5H2;1-6H. The van der Waals surface area contributed by atoms with Gasteiger partial charge in [-0.25, -0.2) is 18.7 Å². The number of hydrogen-bond acceptors (Lipinski definition) is 6. The van der Waals surface area contributed by atoms with Gasteiger partial charge in [0.2, 0.25) is 11.8 Å². The van der Waals surface area contributed by atoms with Gasteiger partial charge in [-0.3, -0.25) is 4.79 Å². The van der Waals surface area contributed by atoms with Crippen molar-refractivity contribution in [2.75, 3.05) is 0 Å². The lowest BCUT2D eigenvalue weighted by Gasteiger charge is -1.93. The van der Waals surface area contributed by atoms with Crippen molar-refractivity contribution in [3.63, 3.8) is 0 Å². The molecule has 0 bridgehead atoms. The summed E-state index contributed by atoms with van der Waals surface area (Å²) in [6.07, 6.45) is 3.22. The minimum absolute atomic E-state index is 0.162. The number of aliphatic hydroxyl groups is 1. The van der Waals surface area contributed by atoms with Crippen molar-refractivity contribution >= 4 is 6.29 Å². The second-order valence-electron chi connectivity index (χ2n) is 5.51. The fourth-order valence-electron chi connectivity index (χ4n) is 2.17. The van der Waals surface area contributed by atoms with Crippen molar-refractivity contribution in [1.82, 2.24) is 9.97 Å². The minimum atomic E-state index is -0.323. The summed E-state index contributed by atoms with van der Waals surface area (Å²) in [5.74, 6) is 0.0692. The van der Waals surface area contributed by atoms with Crippen LogP contribution >= 0.6 is 0 Å². The highest BCUT2D eigenvalue weighted by Gasteiger charge is 2.06. The topological polar surface area (TPSA) is 89.4 Å². The van der Waals surface area contributed by atoms with Crippen molar-refractivity contribution in [3.8, 4) is 22.9 Å². The van der Waals surface area contributed by atoms with Gasteiger partial charge in [-0.1, -0.05) is 0 Å². The molecule has 0 unspecified atom stereocenters. The first-order valence-electron chi connectivity index (χ1n) is 8.07. The number of benzene rings is 2. The van der Waals surface area contributed by atoms with Crippen LogP contribution < -0.4 is 0 Å². The van der Waals surface area contributed by atoms with Gasteiger partial charge >= 0.3 is 0 Å². The highest BCUT2D eigenvalue weighted by atomic mass is 19.1. The molecule has 0 aliphatic rings. The summed E-state index contributed by atoms with van der Waals surface area (Å²) < 4.78 is 35.3. The lowest BCUT2D eigenvalue weighted by atomic mass is 10.2. The average molecular weight is 384 g/mol. The Balaban J connectivity index is 0.000000161. The van der Waals surface area contributed by atoms with Crippen LogP contribution in [0.2, 0.25) is 0 Å². The van der Waals surface area contributed by atoms with E-state index in [0.717, 1.165) is 0 Å². The Morgan fingerprint density at radius 3 is 1.75 bits per heavy atom. The summed E-state index contributed by atoms with van der Waals surface area (Å²) >= 11 is 0. The molecule has 0 amide bonds. The molecule has 0 atom stereocenters. The number of oxazole rings is 2. The van der Waals surface area contributed by atoms with Gasteiger partial charge in [0.05, 0.1) is 6.61 Å². The van der Waals surface area contributed by atoms with Gasteiger partial charge in [-0.05, 0) is 48.5 Å². The fourth-order valence-corrected chi connectivity index (χ4v) is 2.17. The van der Waals surface area contributed by atoms with Gasteiger partial charge in [-0.15, -0.1) is 0 Å². The number of aromatic nitrogens is 2. The van der Waals surface area contributed by atoms with Crippen LogP contribution in [0.4, 0.5) is 8.78 Å². The maximum Gasteiger partial charge on any atom is 0.226 e. The number of aldehydes is 1. The van der Waals surface area contributed by atoms with Crippen LogP contribution in [-0.2, 0) is 6.61 Å². The Bertz CT molecular complexity index is 1040. The normalized spacial score (nSPS) is 10.2. The number of rotatable bonds is 4. The fraction of sp³-hybridized carbons (Fsp3) is 0.0500. The molecular weight excluding hydrogens is 370 g/mol. The summed E-state index contributed by atoms with van der Waals surface area (Å²) in [5.41, 5.74) is 2.01. The largest absolute Gasteiger partial charge is 0.444 e. The second-order valence-corrected chi connectivity index (χ2v) is 5.51. The number of hydrogen-bond donors (Lipinski definition) is 1. The molecule has 2 heterocycles. The van der Waals surface area contributed by atoms with E-state index in [1.165, 1.54) is 48.9 Å². The Labute approximate surface area is 158 Å². The molecule has 2 aromatic carbocycles. The third-order valence-corrected chi connectivity index (χ3v) is 3.54. The maximum absolute atomic E-state index is 12.6. The van der Waals surface area contributed by atoms with Crippen LogP contribution in [0.3, 0.4) is 0 Å². The molecule has 0 saturated heterocycles. The Hall–Kier alpha value is -3.65. The van der Waals surface area contributed by atoms with Crippen molar-refractivity contribution in [1.29, 1.82) is 0 Å². The van der Waals surface area contributed by atoms with Crippen molar-refractivity contribution in [2.24, 2.45) is 0 Å². The smallest absolute Gasteiger partial charge is 0.226 e. The minimum Gasteiger partial charge on any atom is -0.444 e. The predicted octanol–water partition coefficient (Wildman–Crippen LogP) is 4.27. The number of nitrogens with zero attached hydrogens (tertiary/aromatic N) is 2. The van der Waals surface area contributed by atoms with E-state index < -0.39 is 0 Å². The SMILES string of the molecule is O=Cc1coc(-c2ccc(F)cc2)n1.OCc1coc(-c2ccc(F)cc2)n1. The molecule has 28 heavy (non-hydrogen) atoms. The third-order valence-electron chi connectivity index (χ3n) is 3.54. The van der Waals surface area contributed by atoms with Gasteiger partial charge in [0.15, 0.2) is 6.29 Å². The summed E-state index contributed by atoms with van der Waals surface area (Å²) in [4.78, 5) is 18.2. The van der Waals surface area contributed by atoms with E-state index >= 15 is 0 Å². The number of carbonyl (C=O) groups excluding carboxylic acids is 1. The molecule has 142 valence electrons. The van der Waals surface area contributed by atoms with E-state index in [1.807, 2.05) is 0 Å². The van der Waals surface area contributed by atoms with E-state index in [-0.39, 0.29) is 23.9 Å². The highest BCUT2D eigenvalue weighted by Crippen LogP contribution is 2.19. The molecule has 4 aromatic rings. The first kappa shape index (κ1) is 19.1. The molecule has 0 spiro atoms. The zero-order valence-corrected chi connectivity index (χ0v) is 14.4. The molecule has 4 rings (SSSR count). The Kier molecular flexibility index (Phi) is 6.03. The molecule has 0 aliphatic carbocycles. The molecule has 6 nitrogen and oxygen atoms in total. The summed E-state index contributed by atoms with van der Waals surface area (Å²) in [6, 6.07) is 11.5. The quantitative estimate of drug-likeness (QED) is 0.529. The first-order valence-corrected chi connectivity index (χ1v) is 8.07. The summed E-state index contributed by atoms with van der Waals surface area (Å²) in [5, 5.41) is 8.76. The molecule has 2 aromatic heterocycles. The molecule has 0 fully saturated rings. The number of aliphatic hydroxyl groups excluding tert-OH is 1. The van der Waals surface area contributed by atoms with E-state index in [0.29, 0.717) is 34.9 Å². The van der Waals surface area contributed by atoms with Crippen LogP contribution in [0.1, 0.15) is 16.2 Å². The molecule has 1 N–H and O–H groups in total. The molecule has 8 heteroatoms. The van der Waals surface area contributed by atoms with E-state index in [4.69, 9.17) is 13.9 Å². The van der Waals surface area contributed by atoms with Crippen LogP contribution in [0.25, 0.3) is 22.9 Å². The first-order chi connectivity index (χ1) is 13.6. The van der Waals surface area contributed by atoms with Gasteiger partial charge in [-0.2, -0.15) is 0 Å². The zero-order chi connectivity index (χ0) is 19.9. The lowest BCUT2D eigenvalue weighted by Crippen LogP contribution is -1.83. The Morgan fingerprint density at radius 1 is 0.821 bits per heavy atom. The van der Waals surface area contributed by atoms with Crippen molar-refractivity contribution < 1.29 is 27.5 Å². The van der Waals surface area contributed by atoms with E-state index in [1.54, 1.807) is 12.1 Å². The molecule has 0 aliphatic heterocycles. The van der Waals surface area contributed by atoms with E-state index in [2.05, 4.69) is 9.97 Å². The van der Waals surface area contributed by atoms with E-state index in [9.17, 15) is 13.6 Å². The summed E-state index contributed by atoms with van der Waals surface area (Å²) in [7, 11) is 0. The molecule has 0 radical (unpaired) electrons. The lowest BCUT2D eigenvalue weighted by molar-refractivity contribution is 0.111. The highest BCUT2D eigenvalue weighted by molar-refractivity contribution is 5.72. The Morgan fingerprint density at radius 2 is 1.32 bits per heavy atom. The zero-order valence-electron chi connectivity index (χ0n) is 14.4. The van der Waals surface area contributed by atoms with Crippen LogP contribution in [0, 0.1) is 11.6 Å². The summed E-state index contributed by atoms with van der Waals surface area (Å²) in [6.45, 7) is -0.162. The van der Waals surface area contributed by atoms with Crippen LogP contribution in [-0.4, -0.2) is 21.4 Å².